The summed E-state index contributed by atoms with van der Waals surface area (Å²) in [4.78, 5) is 26.7. The third-order valence-corrected chi connectivity index (χ3v) is 3.78. The Morgan fingerprint density at radius 1 is 1.25 bits per heavy atom. The van der Waals surface area contributed by atoms with Gasteiger partial charge in [0.15, 0.2) is 11.6 Å². The van der Waals surface area contributed by atoms with Crippen LogP contribution in [-0.2, 0) is 4.79 Å². The molecule has 7 nitrogen and oxygen atoms in total. The van der Waals surface area contributed by atoms with Gasteiger partial charge in [0.25, 0.3) is 0 Å². The molecule has 0 unspecified atom stereocenters. The first-order valence-corrected chi connectivity index (χ1v) is 7.34. The van der Waals surface area contributed by atoms with Gasteiger partial charge in [0.2, 0.25) is 5.91 Å². The Bertz CT molecular complexity index is 637. The zero-order chi connectivity index (χ0) is 17.9. The Labute approximate surface area is 137 Å². The second kappa shape index (κ2) is 7.10. The highest BCUT2D eigenvalue weighted by atomic mass is 19.2. The number of benzene rings is 1. The van der Waals surface area contributed by atoms with E-state index in [1.54, 1.807) is 0 Å². The number of nitrogens with one attached hydrogen (secondary N) is 1. The SMILES string of the molecule is CC(CO)(CO)NC(=O)CN1CCN(c2ccc(F)c(F)c2)C1=O. The molecule has 1 fully saturated rings. The van der Waals surface area contributed by atoms with Crippen molar-refractivity contribution in [2.75, 3.05) is 37.7 Å². The van der Waals surface area contributed by atoms with Crippen LogP contribution in [0.5, 0.6) is 0 Å². The number of rotatable bonds is 6. The maximum atomic E-state index is 13.3. The average Bonchev–Trinajstić information content (AvgIpc) is 2.90. The fourth-order valence-corrected chi connectivity index (χ4v) is 2.30. The molecular weight excluding hydrogens is 324 g/mol. The number of anilines is 1. The number of halogens is 2. The van der Waals surface area contributed by atoms with E-state index >= 15 is 0 Å². The first-order chi connectivity index (χ1) is 11.3. The molecule has 0 radical (unpaired) electrons. The molecule has 2 rings (SSSR count). The molecule has 0 atom stereocenters. The van der Waals surface area contributed by atoms with Crippen LogP contribution in [0.1, 0.15) is 6.92 Å². The van der Waals surface area contributed by atoms with E-state index < -0.39 is 42.3 Å². The van der Waals surface area contributed by atoms with Gasteiger partial charge in [-0.15, -0.1) is 0 Å². The summed E-state index contributed by atoms with van der Waals surface area (Å²) in [5, 5.41) is 20.8. The number of urea groups is 1. The molecule has 0 aliphatic carbocycles. The summed E-state index contributed by atoms with van der Waals surface area (Å²) in [5.41, 5.74) is -0.975. The van der Waals surface area contributed by atoms with Gasteiger partial charge in [0.05, 0.1) is 18.8 Å². The molecule has 9 heteroatoms. The average molecular weight is 343 g/mol. The maximum Gasteiger partial charge on any atom is 0.325 e. The van der Waals surface area contributed by atoms with Gasteiger partial charge >= 0.3 is 6.03 Å². The summed E-state index contributed by atoms with van der Waals surface area (Å²) in [5.74, 6) is -2.60. The molecule has 132 valence electrons. The van der Waals surface area contributed by atoms with Crippen LogP contribution in [0, 0.1) is 11.6 Å². The van der Waals surface area contributed by atoms with Gasteiger partial charge in [-0.25, -0.2) is 13.6 Å². The Balaban J connectivity index is 2.01. The number of amides is 3. The molecule has 1 aromatic carbocycles. The Hall–Kier alpha value is -2.26. The molecule has 1 saturated heterocycles. The van der Waals surface area contributed by atoms with Crippen LogP contribution in [0.15, 0.2) is 18.2 Å². The standard InChI is InChI=1S/C15H19F2N3O4/c1-15(8-21,9-22)18-13(23)7-19-4-5-20(14(19)24)10-2-3-11(16)12(17)6-10/h2-3,6,21-22H,4-5,7-9H2,1H3,(H,18,23). The fraction of sp³-hybridized carbons (Fsp3) is 0.467. The van der Waals surface area contributed by atoms with Crippen molar-refractivity contribution in [2.24, 2.45) is 0 Å². The topological polar surface area (TPSA) is 93.1 Å². The molecule has 1 aliphatic heterocycles. The third-order valence-electron chi connectivity index (χ3n) is 3.78. The predicted octanol–water partition coefficient (Wildman–Crippen LogP) is 0.0663. The van der Waals surface area contributed by atoms with Gasteiger partial charge in [0, 0.05) is 24.8 Å². The second-order valence-corrected chi connectivity index (χ2v) is 5.88. The van der Waals surface area contributed by atoms with Crippen LogP contribution in [0.4, 0.5) is 19.3 Å². The molecule has 0 bridgehead atoms. The Morgan fingerprint density at radius 2 is 1.92 bits per heavy atom. The summed E-state index contributed by atoms with van der Waals surface area (Å²) < 4.78 is 26.3. The summed E-state index contributed by atoms with van der Waals surface area (Å²) >= 11 is 0. The summed E-state index contributed by atoms with van der Waals surface area (Å²) in [6.45, 7) is 0.752. The third kappa shape index (κ3) is 3.80. The Kier molecular flexibility index (Phi) is 5.35. The van der Waals surface area contributed by atoms with E-state index in [0.29, 0.717) is 0 Å². The summed E-state index contributed by atoms with van der Waals surface area (Å²) in [6, 6.07) is 2.63. The van der Waals surface area contributed by atoms with E-state index in [9.17, 15) is 18.4 Å². The Morgan fingerprint density at radius 3 is 2.50 bits per heavy atom. The van der Waals surface area contributed by atoms with Crippen molar-refractivity contribution < 1.29 is 28.6 Å². The highest BCUT2D eigenvalue weighted by molar-refractivity contribution is 5.96. The minimum absolute atomic E-state index is 0.206. The number of hydrogen-bond acceptors (Lipinski definition) is 4. The molecular formula is C15H19F2N3O4. The minimum Gasteiger partial charge on any atom is -0.394 e. The number of nitrogens with zero attached hydrogens (tertiary/aromatic N) is 2. The fourth-order valence-electron chi connectivity index (χ4n) is 2.30. The van der Waals surface area contributed by atoms with Crippen molar-refractivity contribution in [3.05, 3.63) is 29.8 Å². The van der Waals surface area contributed by atoms with Gasteiger partial charge in [-0.05, 0) is 19.1 Å². The van der Waals surface area contributed by atoms with Crippen LogP contribution >= 0.6 is 0 Å². The maximum absolute atomic E-state index is 13.3. The number of aliphatic hydroxyl groups excluding tert-OH is 2. The molecule has 3 N–H and O–H groups in total. The largest absolute Gasteiger partial charge is 0.394 e. The van der Waals surface area contributed by atoms with Crippen molar-refractivity contribution >= 4 is 17.6 Å². The highest BCUT2D eigenvalue weighted by Gasteiger charge is 2.33. The zero-order valence-electron chi connectivity index (χ0n) is 13.1. The van der Waals surface area contributed by atoms with Crippen LogP contribution < -0.4 is 10.2 Å². The normalized spacial score (nSPS) is 15.1. The molecule has 1 aliphatic rings. The van der Waals surface area contributed by atoms with Gasteiger partial charge in [0.1, 0.15) is 6.54 Å². The van der Waals surface area contributed by atoms with E-state index in [-0.39, 0.29) is 25.3 Å². The van der Waals surface area contributed by atoms with E-state index in [4.69, 9.17) is 10.2 Å². The van der Waals surface area contributed by atoms with Crippen LogP contribution in [0.2, 0.25) is 0 Å². The van der Waals surface area contributed by atoms with Gasteiger partial charge < -0.3 is 20.4 Å². The first kappa shape index (κ1) is 18.1. The molecule has 3 amide bonds. The molecule has 0 saturated carbocycles. The minimum atomic E-state index is -1.18. The van der Waals surface area contributed by atoms with Crippen molar-refractivity contribution in [3.8, 4) is 0 Å². The predicted molar refractivity (Wildman–Crippen MR) is 81.4 cm³/mol. The lowest BCUT2D eigenvalue weighted by Gasteiger charge is -2.27. The molecule has 0 spiro atoms. The van der Waals surface area contributed by atoms with E-state index in [0.717, 1.165) is 12.1 Å². The van der Waals surface area contributed by atoms with Crippen LogP contribution in [0.25, 0.3) is 0 Å². The number of hydrogen-bond donors (Lipinski definition) is 3. The summed E-state index contributed by atoms with van der Waals surface area (Å²) in [7, 11) is 0. The lowest BCUT2D eigenvalue weighted by molar-refractivity contribution is -0.124. The smallest absolute Gasteiger partial charge is 0.325 e. The lowest BCUT2D eigenvalue weighted by atomic mass is 10.1. The van der Waals surface area contributed by atoms with Crippen LogP contribution in [0.3, 0.4) is 0 Å². The van der Waals surface area contributed by atoms with Crippen molar-refractivity contribution in [3.63, 3.8) is 0 Å². The van der Waals surface area contributed by atoms with E-state index in [2.05, 4.69) is 5.32 Å². The quantitative estimate of drug-likeness (QED) is 0.681. The first-order valence-electron chi connectivity index (χ1n) is 7.34. The van der Waals surface area contributed by atoms with Gasteiger partial charge in [-0.1, -0.05) is 0 Å². The number of carbonyl (C=O) groups excluding carboxylic acids is 2. The molecule has 1 heterocycles. The van der Waals surface area contributed by atoms with E-state index in [1.807, 2.05) is 0 Å². The zero-order valence-corrected chi connectivity index (χ0v) is 13.1. The monoisotopic (exact) mass is 343 g/mol. The van der Waals surface area contributed by atoms with Crippen molar-refractivity contribution in [1.29, 1.82) is 0 Å². The van der Waals surface area contributed by atoms with Crippen molar-refractivity contribution in [1.82, 2.24) is 10.2 Å². The van der Waals surface area contributed by atoms with Crippen LogP contribution in [-0.4, -0.2) is 65.4 Å². The van der Waals surface area contributed by atoms with Gasteiger partial charge in [-0.3, -0.25) is 9.69 Å². The van der Waals surface area contributed by atoms with E-state index in [1.165, 1.54) is 22.8 Å². The number of carbonyl (C=O) groups is 2. The number of aliphatic hydroxyl groups is 2. The van der Waals surface area contributed by atoms with Gasteiger partial charge in [-0.2, -0.15) is 0 Å². The lowest BCUT2D eigenvalue weighted by Crippen LogP contribution is -2.54. The molecule has 24 heavy (non-hydrogen) atoms. The highest BCUT2D eigenvalue weighted by Crippen LogP contribution is 2.22. The molecule has 0 aromatic heterocycles. The molecule has 1 aromatic rings. The summed E-state index contributed by atoms with van der Waals surface area (Å²) in [6.07, 6.45) is 0. The second-order valence-electron chi connectivity index (χ2n) is 5.88. The van der Waals surface area contributed by atoms with Crippen molar-refractivity contribution in [2.45, 2.75) is 12.5 Å².